The van der Waals surface area contributed by atoms with Crippen molar-refractivity contribution in [3.63, 3.8) is 0 Å². The molecule has 0 saturated carbocycles. The van der Waals surface area contributed by atoms with Gasteiger partial charge in [-0.1, -0.05) is 0 Å². The Morgan fingerprint density at radius 3 is 2.86 bits per heavy atom. The third kappa shape index (κ3) is 3.18. The monoisotopic (exact) mass is 307 g/mol. The molecule has 2 aromatic rings. The zero-order chi connectivity index (χ0) is 15.7. The molecule has 3 rings (SSSR count). The number of halogens is 2. The summed E-state index contributed by atoms with van der Waals surface area (Å²) in [4.78, 5) is 1.99. The third-order valence-electron chi connectivity index (χ3n) is 4.08. The van der Waals surface area contributed by atoms with Crippen molar-refractivity contribution < 1.29 is 13.9 Å². The Kier molecular flexibility index (Phi) is 4.22. The van der Waals surface area contributed by atoms with Gasteiger partial charge >= 0.3 is 0 Å². The van der Waals surface area contributed by atoms with Crippen molar-refractivity contribution in [1.29, 1.82) is 0 Å². The molecule has 22 heavy (non-hydrogen) atoms. The van der Waals surface area contributed by atoms with E-state index in [4.69, 9.17) is 0 Å². The van der Waals surface area contributed by atoms with E-state index in [1.54, 1.807) is 6.20 Å². The third-order valence-corrected chi connectivity index (χ3v) is 4.08. The molecule has 118 valence electrons. The highest BCUT2D eigenvalue weighted by atomic mass is 19.1. The summed E-state index contributed by atoms with van der Waals surface area (Å²) < 4.78 is 29.2. The molecule has 1 N–H and O–H groups in total. The number of β-amino-alcohol motifs (C(OH)–C–C–N with tert-alkyl or cyclic N) is 1. The molecule has 6 heteroatoms. The predicted molar refractivity (Wildman–Crippen MR) is 78.3 cm³/mol. The highest BCUT2D eigenvalue weighted by Gasteiger charge is 2.33. The summed E-state index contributed by atoms with van der Waals surface area (Å²) in [6.07, 6.45) is 3.61. The molecule has 2 atom stereocenters. The van der Waals surface area contributed by atoms with E-state index >= 15 is 0 Å². The van der Waals surface area contributed by atoms with Crippen LogP contribution in [0, 0.1) is 18.6 Å². The molecule has 4 nitrogen and oxygen atoms in total. The molecule has 2 heterocycles. The minimum atomic E-state index is -0.521. The van der Waals surface area contributed by atoms with Gasteiger partial charge in [-0.25, -0.2) is 8.78 Å². The highest BCUT2D eigenvalue weighted by molar-refractivity contribution is 5.23. The summed E-state index contributed by atoms with van der Waals surface area (Å²) in [6.45, 7) is 3.70. The van der Waals surface area contributed by atoms with Crippen LogP contribution in [-0.4, -0.2) is 39.0 Å². The molecule has 1 aliphatic heterocycles. The Labute approximate surface area is 128 Å². The van der Waals surface area contributed by atoms with Gasteiger partial charge in [-0.3, -0.25) is 9.58 Å². The van der Waals surface area contributed by atoms with E-state index in [0.717, 1.165) is 17.7 Å². The maximum atomic E-state index is 14.0. The van der Waals surface area contributed by atoms with E-state index < -0.39 is 17.7 Å². The Morgan fingerprint density at radius 1 is 1.32 bits per heavy atom. The van der Waals surface area contributed by atoms with Crippen LogP contribution in [0.3, 0.4) is 0 Å². The van der Waals surface area contributed by atoms with E-state index in [2.05, 4.69) is 5.10 Å². The van der Waals surface area contributed by atoms with Crippen LogP contribution in [0.1, 0.15) is 23.6 Å². The molecular weight excluding hydrogens is 288 g/mol. The van der Waals surface area contributed by atoms with Crippen molar-refractivity contribution in [2.75, 3.05) is 13.1 Å². The number of rotatable bonds is 4. The summed E-state index contributed by atoms with van der Waals surface area (Å²) in [6, 6.07) is 3.18. The van der Waals surface area contributed by atoms with E-state index in [1.807, 2.05) is 22.7 Å². The molecule has 1 aliphatic rings. The van der Waals surface area contributed by atoms with Gasteiger partial charge in [-0.15, -0.1) is 0 Å². The number of benzene rings is 1. The Hall–Kier alpha value is -1.79. The first-order valence-electron chi connectivity index (χ1n) is 7.39. The van der Waals surface area contributed by atoms with Crippen molar-refractivity contribution in [3.8, 4) is 0 Å². The molecule has 0 bridgehead atoms. The SMILES string of the molecule is Cc1cnn(CCN2C[C@H](O)C[C@H]2c2cc(F)ccc2F)c1. The zero-order valence-electron chi connectivity index (χ0n) is 12.4. The molecule has 0 spiro atoms. The lowest BCUT2D eigenvalue weighted by Crippen LogP contribution is -2.29. The molecule has 0 radical (unpaired) electrons. The molecule has 0 aliphatic carbocycles. The smallest absolute Gasteiger partial charge is 0.128 e. The Morgan fingerprint density at radius 2 is 2.14 bits per heavy atom. The number of nitrogens with zero attached hydrogens (tertiary/aromatic N) is 3. The lowest BCUT2D eigenvalue weighted by molar-refractivity contribution is 0.172. The van der Waals surface area contributed by atoms with Crippen LogP contribution < -0.4 is 0 Å². The molecule has 0 unspecified atom stereocenters. The molecule has 0 amide bonds. The quantitative estimate of drug-likeness (QED) is 0.942. The zero-order valence-corrected chi connectivity index (χ0v) is 12.4. The molecular formula is C16H19F2N3O. The molecule has 1 fully saturated rings. The lowest BCUT2D eigenvalue weighted by Gasteiger charge is -2.24. The maximum absolute atomic E-state index is 14.0. The first-order chi connectivity index (χ1) is 10.5. The van der Waals surface area contributed by atoms with Crippen molar-refractivity contribution >= 4 is 0 Å². The maximum Gasteiger partial charge on any atom is 0.128 e. The number of likely N-dealkylation sites (tertiary alicyclic amines) is 1. The molecule has 1 aromatic carbocycles. The van der Waals surface area contributed by atoms with Crippen LogP contribution in [0.2, 0.25) is 0 Å². The number of aliphatic hydroxyl groups is 1. The van der Waals surface area contributed by atoms with Gasteiger partial charge < -0.3 is 5.11 Å². The van der Waals surface area contributed by atoms with Gasteiger partial charge in [0.15, 0.2) is 0 Å². The molecule has 1 saturated heterocycles. The topological polar surface area (TPSA) is 41.3 Å². The number of aryl methyl sites for hydroxylation is 1. The van der Waals surface area contributed by atoms with Gasteiger partial charge in [0.25, 0.3) is 0 Å². The van der Waals surface area contributed by atoms with Gasteiger partial charge in [0.2, 0.25) is 0 Å². The summed E-state index contributed by atoms with van der Waals surface area (Å²) in [5.41, 5.74) is 1.39. The fourth-order valence-electron chi connectivity index (χ4n) is 3.04. The van der Waals surface area contributed by atoms with Crippen molar-refractivity contribution in [2.24, 2.45) is 0 Å². The van der Waals surface area contributed by atoms with Crippen LogP contribution in [0.25, 0.3) is 0 Å². The van der Waals surface area contributed by atoms with Gasteiger partial charge in [0.1, 0.15) is 11.6 Å². The van der Waals surface area contributed by atoms with Crippen LogP contribution in [0.5, 0.6) is 0 Å². The van der Waals surface area contributed by atoms with Crippen molar-refractivity contribution in [1.82, 2.24) is 14.7 Å². The van der Waals surface area contributed by atoms with E-state index in [-0.39, 0.29) is 6.04 Å². The van der Waals surface area contributed by atoms with Gasteiger partial charge in [-0.05, 0) is 37.1 Å². The summed E-state index contributed by atoms with van der Waals surface area (Å²) in [5, 5.41) is 14.1. The summed E-state index contributed by atoms with van der Waals surface area (Å²) in [7, 11) is 0. The van der Waals surface area contributed by atoms with Crippen LogP contribution in [0.4, 0.5) is 8.78 Å². The number of hydrogen-bond acceptors (Lipinski definition) is 3. The Bertz CT molecular complexity index is 659. The van der Waals surface area contributed by atoms with Gasteiger partial charge in [-0.2, -0.15) is 5.10 Å². The first kappa shape index (κ1) is 15.1. The minimum Gasteiger partial charge on any atom is -0.392 e. The van der Waals surface area contributed by atoms with Crippen LogP contribution in [-0.2, 0) is 6.54 Å². The second-order valence-electron chi connectivity index (χ2n) is 5.85. The average molecular weight is 307 g/mol. The summed E-state index contributed by atoms with van der Waals surface area (Å²) in [5.74, 6) is -0.888. The number of aliphatic hydroxyl groups excluding tert-OH is 1. The number of aromatic nitrogens is 2. The van der Waals surface area contributed by atoms with Gasteiger partial charge in [0, 0.05) is 30.9 Å². The van der Waals surface area contributed by atoms with Crippen molar-refractivity contribution in [3.05, 3.63) is 53.4 Å². The average Bonchev–Trinajstić information content (AvgIpc) is 3.05. The van der Waals surface area contributed by atoms with Crippen LogP contribution >= 0.6 is 0 Å². The largest absolute Gasteiger partial charge is 0.392 e. The van der Waals surface area contributed by atoms with E-state index in [9.17, 15) is 13.9 Å². The number of hydrogen-bond donors (Lipinski definition) is 1. The van der Waals surface area contributed by atoms with Gasteiger partial charge in [0.05, 0.1) is 18.8 Å². The van der Waals surface area contributed by atoms with E-state index in [0.29, 0.717) is 31.6 Å². The second-order valence-corrected chi connectivity index (χ2v) is 5.85. The summed E-state index contributed by atoms with van der Waals surface area (Å²) >= 11 is 0. The standard InChI is InChI=1S/C16H19F2N3O/c1-11-8-19-21(9-11)5-4-20-10-13(22)7-16(20)14-6-12(17)2-3-15(14)18/h2-3,6,8-9,13,16,22H,4-5,7,10H2,1H3/t13-,16+/m1/s1. The minimum absolute atomic E-state index is 0.303. The normalized spacial score (nSPS) is 22.4. The first-order valence-corrected chi connectivity index (χ1v) is 7.39. The Balaban J connectivity index is 1.75. The fourth-order valence-corrected chi connectivity index (χ4v) is 3.04. The lowest BCUT2D eigenvalue weighted by atomic mass is 10.0. The highest BCUT2D eigenvalue weighted by Crippen LogP contribution is 2.33. The van der Waals surface area contributed by atoms with Crippen molar-refractivity contribution in [2.45, 2.75) is 32.0 Å². The van der Waals surface area contributed by atoms with Crippen LogP contribution in [0.15, 0.2) is 30.6 Å². The van der Waals surface area contributed by atoms with E-state index in [1.165, 1.54) is 6.07 Å². The molecule has 1 aromatic heterocycles. The second kappa shape index (κ2) is 6.14. The fraction of sp³-hybridized carbons (Fsp3) is 0.438. The predicted octanol–water partition coefficient (Wildman–Crippen LogP) is 2.28.